The van der Waals surface area contributed by atoms with E-state index in [9.17, 15) is 9.59 Å². The molecule has 2 amide bonds. The Labute approximate surface area is 133 Å². The van der Waals surface area contributed by atoms with Crippen molar-refractivity contribution in [2.75, 3.05) is 26.8 Å². The maximum Gasteiger partial charge on any atom is 0.256 e. The smallest absolute Gasteiger partial charge is 0.256 e. The number of nitrogens with two attached hydrogens (primary N) is 1. The van der Waals surface area contributed by atoms with Crippen LogP contribution in [-0.4, -0.2) is 54.1 Å². The first-order valence-electron chi connectivity index (χ1n) is 7.33. The van der Waals surface area contributed by atoms with Gasteiger partial charge in [-0.05, 0) is 25.1 Å². The van der Waals surface area contributed by atoms with Crippen LogP contribution in [0.3, 0.4) is 0 Å². The Bertz CT molecular complexity index is 770. The van der Waals surface area contributed by atoms with Crippen molar-refractivity contribution in [3.63, 3.8) is 0 Å². The molecule has 0 saturated carbocycles. The van der Waals surface area contributed by atoms with E-state index in [2.05, 4.69) is 4.98 Å². The lowest BCUT2D eigenvalue weighted by Crippen LogP contribution is -2.58. The third-order valence-electron chi connectivity index (χ3n) is 4.20. The molecule has 3 N–H and O–H groups in total. The molecule has 1 aliphatic heterocycles. The van der Waals surface area contributed by atoms with Gasteiger partial charge in [-0.15, -0.1) is 0 Å². The number of hydrogen-bond donors (Lipinski definition) is 2. The number of rotatable bonds is 3. The molecule has 1 atom stereocenters. The number of amides is 2. The van der Waals surface area contributed by atoms with Crippen LogP contribution in [-0.2, 0) is 9.53 Å². The number of H-pyrrole nitrogens is 1. The first-order valence-corrected chi connectivity index (χ1v) is 7.33. The van der Waals surface area contributed by atoms with Gasteiger partial charge in [0.15, 0.2) is 5.60 Å². The molecule has 1 aromatic carbocycles. The zero-order chi connectivity index (χ0) is 16.6. The predicted molar refractivity (Wildman–Crippen MR) is 84.3 cm³/mol. The summed E-state index contributed by atoms with van der Waals surface area (Å²) in [4.78, 5) is 29.1. The number of nitrogens with zero attached hydrogens (tertiary/aromatic N) is 1. The largest absolute Gasteiger partial charge is 0.497 e. The van der Waals surface area contributed by atoms with Crippen LogP contribution in [0.2, 0.25) is 0 Å². The average Bonchev–Trinajstić information content (AvgIpc) is 2.97. The van der Waals surface area contributed by atoms with Gasteiger partial charge in [0.05, 0.1) is 25.8 Å². The summed E-state index contributed by atoms with van der Waals surface area (Å²) in [6.07, 6.45) is 1.67. The van der Waals surface area contributed by atoms with Crippen LogP contribution in [0.15, 0.2) is 24.4 Å². The van der Waals surface area contributed by atoms with Crippen LogP contribution in [0.5, 0.6) is 5.75 Å². The van der Waals surface area contributed by atoms with Crippen molar-refractivity contribution >= 4 is 22.7 Å². The van der Waals surface area contributed by atoms with Crippen LogP contribution in [0.1, 0.15) is 17.3 Å². The molecular weight excluding hydrogens is 298 g/mol. The quantitative estimate of drug-likeness (QED) is 0.878. The van der Waals surface area contributed by atoms with E-state index < -0.39 is 11.5 Å². The Kier molecular flexibility index (Phi) is 3.73. The van der Waals surface area contributed by atoms with Crippen molar-refractivity contribution in [2.24, 2.45) is 5.73 Å². The fourth-order valence-electron chi connectivity index (χ4n) is 2.77. The zero-order valence-corrected chi connectivity index (χ0v) is 13.1. The summed E-state index contributed by atoms with van der Waals surface area (Å²) < 4.78 is 10.7. The fourth-order valence-corrected chi connectivity index (χ4v) is 2.77. The van der Waals surface area contributed by atoms with E-state index in [1.807, 2.05) is 18.2 Å². The third-order valence-corrected chi connectivity index (χ3v) is 4.20. The number of aromatic nitrogens is 1. The van der Waals surface area contributed by atoms with Crippen LogP contribution in [0.4, 0.5) is 0 Å². The number of primary amides is 1. The molecule has 2 heterocycles. The van der Waals surface area contributed by atoms with Crippen molar-refractivity contribution in [3.05, 3.63) is 30.0 Å². The normalized spacial score (nSPS) is 21.4. The van der Waals surface area contributed by atoms with Crippen LogP contribution in [0.25, 0.3) is 10.9 Å². The minimum Gasteiger partial charge on any atom is -0.497 e. The first-order chi connectivity index (χ1) is 10.9. The Morgan fingerprint density at radius 3 is 2.91 bits per heavy atom. The van der Waals surface area contributed by atoms with Crippen LogP contribution in [0, 0.1) is 0 Å². The molecule has 1 aromatic heterocycles. The molecule has 2 aromatic rings. The molecule has 7 heteroatoms. The second-order valence-electron chi connectivity index (χ2n) is 5.78. The summed E-state index contributed by atoms with van der Waals surface area (Å²) in [5, 5.41) is 0.779. The van der Waals surface area contributed by atoms with E-state index in [0.29, 0.717) is 17.9 Å². The topological polar surface area (TPSA) is 97.7 Å². The monoisotopic (exact) mass is 317 g/mol. The zero-order valence-electron chi connectivity index (χ0n) is 13.1. The predicted octanol–water partition coefficient (Wildman–Crippen LogP) is 0.893. The Morgan fingerprint density at radius 2 is 2.22 bits per heavy atom. The highest BCUT2D eigenvalue weighted by Crippen LogP contribution is 2.26. The van der Waals surface area contributed by atoms with E-state index in [0.717, 1.165) is 10.9 Å². The van der Waals surface area contributed by atoms with E-state index in [4.69, 9.17) is 15.2 Å². The number of benzene rings is 1. The first kappa shape index (κ1) is 15.4. The van der Waals surface area contributed by atoms with Crippen LogP contribution >= 0.6 is 0 Å². The number of aromatic amines is 1. The second-order valence-corrected chi connectivity index (χ2v) is 5.78. The maximum absolute atomic E-state index is 12.8. The minimum atomic E-state index is -1.16. The van der Waals surface area contributed by atoms with E-state index >= 15 is 0 Å². The highest BCUT2D eigenvalue weighted by molar-refractivity contribution is 6.07. The SMILES string of the molecule is COc1ccc2[nH]cc(C(=O)N3CCOC(C)(C(N)=O)C3)c2c1. The molecule has 122 valence electrons. The molecule has 0 aliphatic carbocycles. The summed E-state index contributed by atoms with van der Waals surface area (Å²) in [5.41, 5.74) is 5.61. The summed E-state index contributed by atoms with van der Waals surface area (Å²) in [6, 6.07) is 5.50. The standard InChI is InChI=1S/C16H19N3O4/c1-16(15(17)21)9-19(5-6-23-16)14(20)12-8-18-13-4-3-10(22-2)7-11(12)13/h3-4,7-8,18H,5-6,9H2,1-2H3,(H2,17,21). The molecule has 1 aliphatic rings. The molecule has 1 fully saturated rings. The van der Waals surface area contributed by atoms with Gasteiger partial charge in [-0.1, -0.05) is 0 Å². The van der Waals surface area contributed by atoms with E-state index in [1.165, 1.54) is 0 Å². The number of fused-ring (bicyclic) bond motifs is 1. The van der Waals surface area contributed by atoms with Crippen molar-refractivity contribution in [3.8, 4) is 5.75 Å². The molecule has 0 radical (unpaired) electrons. The maximum atomic E-state index is 12.8. The van der Waals surface area contributed by atoms with Crippen LogP contribution < -0.4 is 10.5 Å². The summed E-state index contributed by atoms with van der Waals surface area (Å²) in [5.74, 6) is -0.0639. The van der Waals surface area contributed by atoms with Gasteiger partial charge in [0.1, 0.15) is 5.75 Å². The van der Waals surface area contributed by atoms with Crippen molar-refractivity contribution in [1.29, 1.82) is 0 Å². The Balaban J connectivity index is 1.92. The molecule has 0 spiro atoms. The van der Waals surface area contributed by atoms with Gasteiger partial charge in [-0.3, -0.25) is 9.59 Å². The molecule has 1 unspecified atom stereocenters. The average molecular weight is 317 g/mol. The number of hydrogen-bond acceptors (Lipinski definition) is 4. The van der Waals surface area contributed by atoms with E-state index in [1.54, 1.807) is 25.1 Å². The van der Waals surface area contributed by atoms with Crippen molar-refractivity contribution < 1.29 is 19.1 Å². The second kappa shape index (κ2) is 5.58. The number of carbonyl (C=O) groups is 2. The Morgan fingerprint density at radius 1 is 1.43 bits per heavy atom. The van der Waals surface area contributed by atoms with Gasteiger partial charge >= 0.3 is 0 Å². The number of nitrogens with one attached hydrogen (secondary N) is 1. The molecule has 7 nitrogen and oxygen atoms in total. The molecule has 1 saturated heterocycles. The number of ether oxygens (including phenoxy) is 2. The van der Waals surface area contributed by atoms with E-state index in [-0.39, 0.29) is 19.1 Å². The minimum absolute atomic E-state index is 0.137. The summed E-state index contributed by atoms with van der Waals surface area (Å²) >= 11 is 0. The lowest BCUT2D eigenvalue weighted by Gasteiger charge is -2.38. The van der Waals surface area contributed by atoms with Gasteiger partial charge in [0, 0.05) is 23.6 Å². The lowest BCUT2D eigenvalue weighted by molar-refractivity contribution is -0.150. The fraction of sp³-hybridized carbons (Fsp3) is 0.375. The Hall–Kier alpha value is -2.54. The molecule has 3 rings (SSSR count). The van der Waals surface area contributed by atoms with Gasteiger partial charge in [0.2, 0.25) is 0 Å². The van der Waals surface area contributed by atoms with Gasteiger partial charge in [-0.25, -0.2) is 0 Å². The van der Waals surface area contributed by atoms with Crippen molar-refractivity contribution in [2.45, 2.75) is 12.5 Å². The summed E-state index contributed by atoms with van der Waals surface area (Å²) in [6.45, 7) is 2.43. The molecule has 23 heavy (non-hydrogen) atoms. The highest BCUT2D eigenvalue weighted by Gasteiger charge is 2.39. The number of carbonyl (C=O) groups excluding carboxylic acids is 2. The highest BCUT2D eigenvalue weighted by atomic mass is 16.5. The van der Waals surface area contributed by atoms with Gasteiger partial charge in [0.25, 0.3) is 11.8 Å². The molecule has 0 bridgehead atoms. The van der Waals surface area contributed by atoms with Gasteiger partial charge in [-0.2, -0.15) is 0 Å². The molecular formula is C16H19N3O4. The van der Waals surface area contributed by atoms with Crippen molar-refractivity contribution in [1.82, 2.24) is 9.88 Å². The summed E-state index contributed by atoms with van der Waals surface area (Å²) in [7, 11) is 1.58. The van der Waals surface area contributed by atoms with Gasteiger partial charge < -0.3 is 25.1 Å². The number of methoxy groups -OCH3 is 1. The number of morpholine rings is 1. The lowest BCUT2D eigenvalue weighted by atomic mass is 10.0. The third kappa shape index (κ3) is 2.63.